The Hall–Kier alpha value is -1.52. The fraction of sp³-hybridized carbons (Fsp3) is 0.591. The van der Waals surface area contributed by atoms with Crippen LogP contribution in [0.3, 0.4) is 0 Å². The Morgan fingerprint density at radius 3 is 2.89 bits per heavy atom. The van der Waals surface area contributed by atoms with Crippen molar-refractivity contribution >= 4 is 17.5 Å². The average Bonchev–Trinajstić information content (AvgIpc) is 2.85. The van der Waals surface area contributed by atoms with Crippen LogP contribution < -0.4 is 10.7 Å². The maximum absolute atomic E-state index is 12.8. The third-order valence-corrected chi connectivity index (χ3v) is 6.13. The van der Waals surface area contributed by atoms with E-state index in [0.717, 1.165) is 50.1 Å². The molecule has 0 fully saturated rings. The minimum Gasteiger partial charge on any atom is -0.354 e. The molecule has 1 amide bonds. The molecule has 27 heavy (non-hydrogen) atoms. The van der Waals surface area contributed by atoms with Crippen LogP contribution in [-0.4, -0.2) is 30.6 Å². The van der Waals surface area contributed by atoms with E-state index >= 15 is 0 Å². The summed E-state index contributed by atoms with van der Waals surface area (Å²) in [4.78, 5) is 12.8. The molecule has 2 atom stereocenters. The Morgan fingerprint density at radius 2 is 2.11 bits per heavy atom. The minimum absolute atomic E-state index is 0.112. The molecule has 1 aliphatic heterocycles. The van der Waals surface area contributed by atoms with Crippen molar-refractivity contribution in [3.05, 3.63) is 46.1 Å². The van der Waals surface area contributed by atoms with Gasteiger partial charge in [-0.2, -0.15) is 0 Å². The Labute approximate surface area is 168 Å². The fourth-order valence-corrected chi connectivity index (χ4v) is 4.60. The number of hydrogen-bond acceptors (Lipinski definition) is 3. The monoisotopic (exact) mass is 389 g/mol. The van der Waals surface area contributed by atoms with Crippen molar-refractivity contribution in [2.75, 3.05) is 13.6 Å². The molecule has 1 heterocycles. The van der Waals surface area contributed by atoms with Crippen molar-refractivity contribution in [2.45, 2.75) is 64.3 Å². The van der Waals surface area contributed by atoms with Gasteiger partial charge in [0.2, 0.25) is 5.91 Å². The summed E-state index contributed by atoms with van der Waals surface area (Å²) in [5, 5.41) is 6.06. The largest absolute Gasteiger partial charge is 0.354 e. The second kappa shape index (κ2) is 9.61. The lowest BCUT2D eigenvalue weighted by molar-refractivity contribution is -0.122. The van der Waals surface area contributed by atoms with Crippen molar-refractivity contribution in [2.24, 2.45) is 5.92 Å². The van der Waals surface area contributed by atoms with Crippen LogP contribution >= 0.6 is 11.6 Å². The standard InChI is InChI=1S/C22H32ClN3O/c1-3-4-9-14-24-22(27)20-18-12-7-5-11-17(21(18)26(2)25-20)15-16-10-6-8-13-19(16)23/h6,8,10,13,17,20,25H,3-5,7,9,11-12,14-15H2,1-2H3,(H,24,27). The zero-order chi connectivity index (χ0) is 19.2. The summed E-state index contributed by atoms with van der Waals surface area (Å²) in [7, 11) is 2.05. The van der Waals surface area contributed by atoms with Gasteiger partial charge in [0.25, 0.3) is 0 Å². The third kappa shape index (κ3) is 4.85. The van der Waals surface area contributed by atoms with Crippen LogP contribution in [0.2, 0.25) is 5.02 Å². The number of rotatable bonds is 7. The normalized spacial score (nSPS) is 22.6. The topological polar surface area (TPSA) is 44.4 Å². The summed E-state index contributed by atoms with van der Waals surface area (Å²) < 4.78 is 0. The maximum Gasteiger partial charge on any atom is 0.243 e. The quantitative estimate of drug-likeness (QED) is 0.677. The lowest BCUT2D eigenvalue weighted by atomic mass is 9.90. The van der Waals surface area contributed by atoms with E-state index in [0.29, 0.717) is 5.92 Å². The summed E-state index contributed by atoms with van der Waals surface area (Å²) in [6.45, 7) is 2.94. The van der Waals surface area contributed by atoms with Gasteiger partial charge in [-0.25, -0.2) is 5.43 Å². The van der Waals surface area contributed by atoms with E-state index in [1.165, 1.54) is 29.7 Å². The van der Waals surface area contributed by atoms with Crippen LogP contribution in [0, 0.1) is 5.92 Å². The van der Waals surface area contributed by atoms with Gasteiger partial charge < -0.3 is 10.3 Å². The predicted octanol–water partition coefficient (Wildman–Crippen LogP) is 4.45. The van der Waals surface area contributed by atoms with Gasteiger partial charge in [0.1, 0.15) is 6.04 Å². The van der Waals surface area contributed by atoms with Gasteiger partial charge in [0.15, 0.2) is 0 Å². The van der Waals surface area contributed by atoms with Gasteiger partial charge in [0, 0.05) is 30.2 Å². The fourth-order valence-electron chi connectivity index (χ4n) is 4.39. The molecular weight excluding hydrogens is 358 g/mol. The minimum atomic E-state index is -0.224. The highest BCUT2D eigenvalue weighted by Crippen LogP contribution is 2.38. The smallest absolute Gasteiger partial charge is 0.243 e. The SMILES string of the molecule is CCCCCNC(=O)C1NN(C)C2=C1CCCCC2Cc1ccccc1Cl. The second-order valence-corrected chi connectivity index (χ2v) is 8.18. The molecule has 0 saturated heterocycles. The summed E-state index contributed by atoms with van der Waals surface area (Å²) in [5.41, 5.74) is 7.19. The van der Waals surface area contributed by atoms with E-state index in [1.54, 1.807) is 0 Å². The molecule has 0 aromatic heterocycles. The highest BCUT2D eigenvalue weighted by molar-refractivity contribution is 6.31. The van der Waals surface area contributed by atoms with E-state index in [2.05, 4.69) is 34.8 Å². The number of nitrogens with zero attached hydrogens (tertiary/aromatic N) is 1. The number of hydrogen-bond donors (Lipinski definition) is 2. The molecule has 0 saturated carbocycles. The first-order chi connectivity index (χ1) is 13.1. The van der Waals surface area contributed by atoms with Crippen LogP contribution in [-0.2, 0) is 11.2 Å². The molecule has 4 nitrogen and oxygen atoms in total. The van der Waals surface area contributed by atoms with Crippen molar-refractivity contribution in [3.8, 4) is 0 Å². The molecule has 1 aliphatic carbocycles. The van der Waals surface area contributed by atoms with Crippen LogP contribution in [0.5, 0.6) is 0 Å². The molecule has 148 valence electrons. The van der Waals surface area contributed by atoms with Crippen molar-refractivity contribution < 1.29 is 4.79 Å². The molecule has 3 rings (SSSR count). The number of benzene rings is 1. The van der Waals surface area contributed by atoms with Crippen LogP contribution in [0.4, 0.5) is 0 Å². The number of amides is 1. The van der Waals surface area contributed by atoms with Crippen LogP contribution in [0.15, 0.2) is 35.5 Å². The zero-order valence-corrected chi connectivity index (χ0v) is 17.3. The molecule has 2 aliphatic rings. The van der Waals surface area contributed by atoms with Crippen molar-refractivity contribution in [3.63, 3.8) is 0 Å². The van der Waals surface area contributed by atoms with Gasteiger partial charge in [-0.05, 0) is 49.3 Å². The second-order valence-electron chi connectivity index (χ2n) is 7.77. The Kier molecular flexibility index (Phi) is 7.20. The Balaban J connectivity index is 1.76. The summed E-state index contributed by atoms with van der Waals surface area (Å²) in [6.07, 6.45) is 8.78. The van der Waals surface area contributed by atoms with E-state index in [4.69, 9.17) is 11.6 Å². The predicted molar refractivity (Wildman–Crippen MR) is 111 cm³/mol. The van der Waals surface area contributed by atoms with E-state index in [9.17, 15) is 4.79 Å². The van der Waals surface area contributed by atoms with Crippen LogP contribution in [0.25, 0.3) is 0 Å². The zero-order valence-electron chi connectivity index (χ0n) is 16.6. The number of unbranched alkanes of at least 4 members (excludes halogenated alkanes) is 2. The number of carbonyl (C=O) groups is 1. The van der Waals surface area contributed by atoms with Gasteiger partial charge in [0.05, 0.1) is 0 Å². The maximum atomic E-state index is 12.8. The lowest BCUT2D eigenvalue weighted by Crippen LogP contribution is -2.46. The molecule has 2 unspecified atom stereocenters. The Bertz CT molecular complexity index is 688. The Morgan fingerprint density at radius 1 is 1.30 bits per heavy atom. The van der Waals surface area contributed by atoms with Gasteiger partial charge in [-0.1, -0.05) is 56.0 Å². The number of nitrogens with one attached hydrogen (secondary N) is 2. The molecule has 0 spiro atoms. The highest BCUT2D eigenvalue weighted by Gasteiger charge is 2.38. The average molecular weight is 390 g/mol. The van der Waals surface area contributed by atoms with Gasteiger partial charge in [-0.3, -0.25) is 4.79 Å². The molecular formula is C22H32ClN3O. The summed E-state index contributed by atoms with van der Waals surface area (Å²) >= 11 is 6.42. The number of allylic oxidation sites excluding steroid dienone is 1. The number of hydrazine groups is 1. The first-order valence-electron chi connectivity index (χ1n) is 10.4. The van der Waals surface area contributed by atoms with Crippen LogP contribution in [0.1, 0.15) is 57.4 Å². The molecule has 1 aromatic carbocycles. The number of halogens is 1. The van der Waals surface area contributed by atoms with Gasteiger partial charge in [-0.15, -0.1) is 0 Å². The van der Waals surface area contributed by atoms with E-state index < -0.39 is 0 Å². The van der Waals surface area contributed by atoms with E-state index in [1.807, 2.05) is 19.2 Å². The van der Waals surface area contributed by atoms with Crippen molar-refractivity contribution in [1.29, 1.82) is 0 Å². The molecule has 1 aromatic rings. The van der Waals surface area contributed by atoms with Gasteiger partial charge >= 0.3 is 0 Å². The molecule has 0 bridgehead atoms. The lowest BCUT2D eigenvalue weighted by Gasteiger charge is -2.25. The summed E-state index contributed by atoms with van der Waals surface area (Å²) in [5.74, 6) is 0.513. The number of carbonyl (C=O) groups excluding carboxylic acids is 1. The molecule has 0 radical (unpaired) electrons. The summed E-state index contributed by atoms with van der Waals surface area (Å²) in [6, 6.07) is 7.89. The molecule has 2 N–H and O–H groups in total. The van der Waals surface area contributed by atoms with Crippen molar-refractivity contribution in [1.82, 2.24) is 15.8 Å². The first kappa shape index (κ1) is 20.2. The molecule has 5 heteroatoms. The highest BCUT2D eigenvalue weighted by atomic mass is 35.5. The first-order valence-corrected chi connectivity index (χ1v) is 10.7. The van der Waals surface area contributed by atoms with E-state index in [-0.39, 0.29) is 11.9 Å². The third-order valence-electron chi connectivity index (χ3n) is 5.76.